The lowest BCUT2D eigenvalue weighted by Gasteiger charge is -2.04. The fraction of sp³-hybridized carbons (Fsp3) is 0.143. The first-order valence-electron chi connectivity index (χ1n) is 5.71. The van der Waals surface area contributed by atoms with Gasteiger partial charge in [-0.1, -0.05) is 43.0 Å². The van der Waals surface area contributed by atoms with Gasteiger partial charge in [-0.15, -0.1) is 0 Å². The summed E-state index contributed by atoms with van der Waals surface area (Å²) >= 11 is 1.42. The zero-order valence-corrected chi connectivity index (χ0v) is 10.8. The first-order valence-corrected chi connectivity index (χ1v) is 6.52. The third-order valence-electron chi connectivity index (χ3n) is 2.60. The van der Waals surface area contributed by atoms with Crippen LogP contribution in [0.4, 0.5) is 5.69 Å². The molecule has 0 spiro atoms. The van der Waals surface area contributed by atoms with Crippen molar-refractivity contribution < 1.29 is 4.92 Å². The summed E-state index contributed by atoms with van der Waals surface area (Å²) in [6, 6.07) is 15.1. The lowest BCUT2D eigenvalue weighted by Crippen LogP contribution is -1.92. The van der Waals surface area contributed by atoms with E-state index in [2.05, 4.69) is 0 Å². The number of nitrogens with zero attached hydrogens (tertiary/aromatic N) is 1. The number of hydrogen-bond acceptors (Lipinski definition) is 3. The van der Waals surface area contributed by atoms with Crippen LogP contribution in [0.5, 0.6) is 0 Å². The van der Waals surface area contributed by atoms with E-state index in [1.807, 2.05) is 49.4 Å². The summed E-state index contributed by atoms with van der Waals surface area (Å²) in [6.07, 6.45) is 0.803. The van der Waals surface area contributed by atoms with Gasteiger partial charge in [0.15, 0.2) is 0 Å². The second-order valence-corrected chi connectivity index (χ2v) is 4.94. The average molecular weight is 259 g/mol. The van der Waals surface area contributed by atoms with Crippen LogP contribution in [-0.4, -0.2) is 4.92 Å². The van der Waals surface area contributed by atoms with Crippen molar-refractivity contribution >= 4 is 17.4 Å². The molecule has 0 unspecified atom stereocenters. The predicted molar refractivity (Wildman–Crippen MR) is 73.0 cm³/mol. The van der Waals surface area contributed by atoms with Crippen LogP contribution in [0, 0.1) is 10.1 Å². The highest BCUT2D eigenvalue weighted by Crippen LogP contribution is 2.35. The van der Waals surface area contributed by atoms with Crippen LogP contribution in [0.2, 0.25) is 0 Å². The van der Waals surface area contributed by atoms with Crippen molar-refractivity contribution in [1.29, 1.82) is 0 Å². The second-order valence-electron chi connectivity index (χ2n) is 3.83. The Bertz CT molecular complexity index is 555. The standard InChI is InChI=1S/C14H13NO2S/c1-2-11-8-9-14(13(10-11)15(16)17)18-12-6-4-3-5-7-12/h3-10H,2H2,1H3. The van der Waals surface area contributed by atoms with Crippen molar-refractivity contribution in [3.8, 4) is 0 Å². The molecule has 0 aromatic heterocycles. The van der Waals surface area contributed by atoms with Crippen molar-refractivity contribution in [3.63, 3.8) is 0 Å². The Kier molecular flexibility index (Phi) is 3.99. The molecular formula is C14H13NO2S. The highest BCUT2D eigenvalue weighted by molar-refractivity contribution is 7.99. The zero-order chi connectivity index (χ0) is 13.0. The lowest BCUT2D eigenvalue weighted by atomic mass is 10.1. The largest absolute Gasteiger partial charge is 0.283 e. The normalized spacial score (nSPS) is 10.3. The molecule has 2 aromatic rings. The van der Waals surface area contributed by atoms with Crippen LogP contribution in [-0.2, 0) is 6.42 Å². The molecule has 0 heterocycles. The minimum atomic E-state index is -0.315. The molecule has 3 nitrogen and oxygen atoms in total. The minimum Gasteiger partial charge on any atom is -0.258 e. The molecule has 4 heteroatoms. The third kappa shape index (κ3) is 2.90. The van der Waals surface area contributed by atoms with Gasteiger partial charge in [0, 0.05) is 11.0 Å². The number of nitro benzene ring substituents is 1. The number of hydrogen-bond donors (Lipinski definition) is 0. The van der Waals surface area contributed by atoms with E-state index in [1.54, 1.807) is 6.07 Å². The minimum absolute atomic E-state index is 0.184. The van der Waals surface area contributed by atoms with Crippen LogP contribution in [0.1, 0.15) is 12.5 Å². The van der Waals surface area contributed by atoms with Gasteiger partial charge in [0.2, 0.25) is 0 Å². The smallest absolute Gasteiger partial charge is 0.258 e. The first-order chi connectivity index (χ1) is 8.70. The second kappa shape index (κ2) is 5.69. The quantitative estimate of drug-likeness (QED) is 0.607. The van der Waals surface area contributed by atoms with Crippen molar-refractivity contribution in [2.24, 2.45) is 0 Å². The van der Waals surface area contributed by atoms with Gasteiger partial charge in [0.1, 0.15) is 0 Å². The van der Waals surface area contributed by atoms with E-state index in [4.69, 9.17) is 0 Å². The molecule has 0 aliphatic heterocycles. The summed E-state index contributed by atoms with van der Waals surface area (Å²) in [6.45, 7) is 1.99. The van der Waals surface area contributed by atoms with Gasteiger partial charge in [-0.05, 0) is 30.2 Å². The Morgan fingerprint density at radius 1 is 1.17 bits per heavy atom. The van der Waals surface area contributed by atoms with Gasteiger partial charge in [-0.3, -0.25) is 10.1 Å². The fourth-order valence-corrected chi connectivity index (χ4v) is 2.55. The molecule has 0 fully saturated rings. The maximum atomic E-state index is 11.1. The Balaban J connectivity index is 2.35. The van der Waals surface area contributed by atoms with Gasteiger partial charge in [0.05, 0.1) is 9.82 Å². The third-order valence-corrected chi connectivity index (χ3v) is 3.67. The molecule has 2 aromatic carbocycles. The number of aryl methyl sites for hydroxylation is 1. The summed E-state index contributed by atoms with van der Waals surface area (Å²) in [5.74, 6) is 0. The van der Waals surface area contributed by atoms with Gasteiger partial charge < -0.3 is 0 Å². The Morgan fingerprint density at radius 3 is 2.50 bits per heavy atom. The first kappa shape index (κ1) is 12.6. The maximum absolute atomic E-state index is 11.1. The van der Waals surface area contributed by atoms with E-state index in [9.17, 15) is 10.1 Å². The highest BCUT2D eigenvalue weighted by Gasteiger charge is 2.15. The Morgan fingerprint density at radius 2 is 1.89 bits per heavy atom. The summed E-state index contributed by atoms with van der Waals surface area (Å²) in [5, 5.41) is 11.1. The molecule has 0 saturated carbocycles. The van der Waals surface area contributed by atoms with Crippen molar-refractivity contribution in [2.45, 2.75) is 23.1 Å². The molecule has 0 amide bonds. The van der Waals surface area contributed by atoms with Gasteiger partial charge in [-0.25, -0.2) is 0 Å². The van der Waals surface area contributed by atoms with Crippen molar-refractivity contribution in [1.82, 2.24) is 0 Å². The summed E-state index contributed by atoms with van der Waals surface area (Å²) in [5.41, 5.74) is 1.17. The SMILES string of the molecule is CCc1ccc(Sc2ccccc2)c([N+](=O)[O-])c1. The highest BCUT2D eigenvalue weighted by atomic mass is 32.2. The van der Waals surface area contributed by atoms with Gasteiger partial charge >= 0.3 is 0 Å². The number of rotatable bonds is 4. The summed E-state index contributed by atoms with van der Waals surface area (Å²) in [4.78, 5) is 12.4. The molecule has 92 valence electrons. The molecule has 0 radical (unpaired) electrons. The molecule has 0 aliphatic carbocycles. The van der Waals surface area contributed by atoms with Crippen LogP contribution in [0.25, 0.3) is 0 Å². The molecular weight excluding hydrogens is 246 g/mol. The van der Waals surface area contributed by atoms with E-state index in [-0.39, 0.29) is 10.6 Å². The Labute approximate surface area is 110 Å². The zero-order valence-electron chi connectivity index (χ0n) is 10.00. The molecule has 0 atom stereocenters. The van der Waals surface area contributed by atoms with Crippen LogP contribution in [0.3, 0.4) is 0 Å². The van der Waals surface area contributed by atoms with Crippen LogP contribution >= 0.6 is 11.8 Å². The van der Waals surface area contributed by atoms with Crippen molar-refractivity contribution in [2.75, 3.05) is 0 Å². The monoisotopic (exact) mass is 259 g/mol. The molecule has 18 heavy (non-hydrogen) atoms. The average Bonchev–Trinajstić information content (AvgIpc) is 2.40. The van der Waals surface area contributed by atoms with E-state index >= 15 is 0 Å². The van der Waals surface area contributed by atoms with E-state index in [1.165, 1.54) is 11.8 Å². The molecule has 0 bridgehead atoms. The summed E-state index contributed by atoms with van der Waals surface area (Å²) in [7, 11) is 0. The topological polar surface area (TPSA) is 43.1 Å². The Hall–Kier alpha value is -1.81. The van der Waals surface area contributed by atoms with E-state index in [0.29, 0.717) is 4.90 Å². The van der Waals surface area contributed by atoms with Crippen LogP contribution < -0.4 is 0 Å². The molecule has 0 saturated heterocycles. The van der Waals surface area contributed by atoms with E-state index in [0.717, 1.165) is 16.9 Å². The predicted octanol–water partition coefficient (Wildman–Crippen LogP) is 4.31. The molecule has 0 aliphatic rings. The lowest BCUT2D eigenvalue weighted by molar-refractivity contribution is -0.387. The van der Waals surface area contributed by atoms with Crippen LogP contribution in [0.15, 0.2) is 58.3 Å². The fourth-order valence-electron chi connectivity index (χ4n) is 1.63. The molecule has 2 rings (SSSR count). The van der Waals surface area contributed by atoms with Crippen molar-refractivity contribution in [3.05, 3.63) is 64.2 Å². The molecule has 0 N–H and O–H groups in total. The number of nitro groups is 1. The maximum Gasteiger partial charge on any atom is 0.283 e. The summed E-state index contributed by atoms with van der Waals surface area (Å²) < 4.78 is 0. The van der Waals surface area contributed by atoms with Gasteiger partial charge in [0.25, 0.3) is 5.69 Å². The number of benzene rings is 2. The van der Waals surface area contributed by atoms with E-state index < -0.39 is 0 Å². The van der Waals surface area contributed by atoms with Gasteiger partial charge in [-0.2, -0.15) is 0 Å².